The number of carbonyl (C=O) groups excluding carboxylic acids is 2. The highest BCUT2D eigenvalue weighted by Crippen LogP contribution is 2.12. The van der Waals surface area contributed by atoms with Crippen molar-refractivity contribution in [3.8, 4) is 0 Å². The average Bonchev–Trinajstić information content (AvgIpc) is 2.55. The SMILES string of the molecule is CCCCCNC(=S)NNC(=O)c1ccc(NC(=O)OC(C)(C)C)cc1. The summed E-state index contributed by atoms with van der Waals surface area (Å²) in [6, 6.07) is 6.45. The van der Waals surface area contributed by atoms with Crippen LogP contribution in [-0.2, 0) is 4.74 Å². The topological polar surface area (TPSA) is 91.5 Å². The second-order valence-corrected chi connectivity index (χ2v) is 7.15. The van der Waals surface area contributed by atoms with Gasteiger partial charge in [0.1, 0.15) is 5.60 Å². The Kier molecular flexibility index (Phi) is 8.84. The first-order valence-electron chi connectivity index (χ1n) is 8.65. The van der Waals surface area contributed by atoms with E-state index in [0.717, 1.165) is 25.8 Å². The molecule has 0 bridgehead atoms. The normalized spacial score (nSPS) is 10.6. The van der Waals surface area contributed by atoms with Crippen LogP contribution in [0.25, 0.3) is 0 Å². The lowest BCUT2D eigenvalue weighted by molar-refractivity contribution is 0.0635. The zero-order valence-corrected chi connectivity index (χ0v) is 16.6. The fourth-order valence-electron chi connectivity index (χ4n) is 1.93. The zero-order chi connectivity index (χ0) is 19.6. The Hall–Kier alpha value is -2.35. The number of carbonyl (C=O) groups is 2. The Morgan fingerprint density at radius 1 is 1.08 bits per heavy atom. The number of anilines is 1. The molecule has 0 aromatic heterocycles. The fraction of sp³-hybridized carbons (Fsp3) is 0.500. The van der Waals surface area contributed by atoms with Gasteiger partial charge >= 0.3 is 6.09 Å². The first-order chi connectivity index (χ1) is 12.2. The van der Waals surface area contributed by atoms with Gasteiger partial charge in [0.2, 0.25) is 0 Å². The molecule has 0 heterocycles. The molecule has 144 valence electrons. The van der Waals surface area contributed by atoms with Crippen molar-refractivity contribution in [2.45, 2.75) is 52.6 Å². The Balaban J connectivity index is 2.41. The van der Waals surface area contributed by atoms with E-state index in [2.05, 4.69) is 28.4 Å². The number of hydrazine groups is 1. The van der Waals surface area contributed by atoms with Crippen molar-refractivity contribution in [1.29, 1.82) is 0 Å². The van der Waals surface area contributed by atoms with E-state index in [0.29, 0.717) is 16.4 Å². The van der Waals surface area contributed by atoms with Gasteiger partial charge in [0.15, 0.2) is 5.11 Å². The lowest BCUT2D eigenvalue weighted by Crippen LogP contribution is -2.46. The Labute approximate surface area is 160 Å². The van der Waals surface area contributed by atoms with Gasteiger partial charge in [-0.05, 0) is 63.7 Å². The third kappa shape index (κ3) is 9.22. The lowest BCUT2D eigenvalue weighted by Gasteiger charge is -2.19. The fourth-order valence-corrected chi connectivity index (χ4v) is 2.09. The minimum Gasteiger partial charge on any atom is -0.444 e. The van der Waals surface area contributed by atoms with Gasteiger partial charge in [-0.1, -0.05) is 19.8 Å². The van der Waals surface area contributed by atoms with Crippen LogP contribution in [0, 0.1) is 0 Å². The maximum atomic E-state index is 12.1. The summed E-state index contributed by atoms with van der Waals surface area (Å²) in [6.07, 6.45) is 2.75. The van der Waals surface area contributed by atoms with Crippen LogP contribution in [-0.4, -0.2) is 29.3 Å². The number of hydrogen-bond donors (Lipinski definition) is 4. The van der Waals surface area contributed by atoms with Crippen molar-refractivity contribution < 1.29 is 14.3 Å². The van der Waals surface area contributed by atoms with Crippen LogP contribution in [0.1, 0.15) is 57.3 Å². The van der Waals surface area contributed by atoms with E-state index in [1.807, 2.05) is 0 Å². The number of thiocarbonyl (C=S) groups is 1. The van der Waals surface area contributed by atoms with Crippen LogP contribution in [0.15, 0.2) is 24.3 Å². The van der Waals surface area contributed by atoms with Gasteiger partial charge in [-0.2, -0.15) is 0 Å². The van der Waals surface area contributed by atoms with E-state index in [1.54, 1.807) is 45.0 Å². The second kappa shape index (κ2) is 10.6. The van der Waals surface area contributed by atoms with E-state index >= 15 is 0 Å². The first-order valence-corrected chi connectivity index (χ1v) is 9.06. The molecule has 8 heteroatoms. The number of benzene rings is 1. The molecule has 0 aliphatic heterocycles. The molecule has 0 saturated carbocycles. The number of nitrogens with one attached hydrogen (secondary N) is 4. The van der Waals surface area contributed by atoms with Crippen LogP contribution in [0.4, 0.5) is 10.5 Å². The van der Waals surface area contributed by atoms with Gasteiger partial charge in [-0.3, -0.25) is 21.0 Å². The third-order valence-corrected chi connectivity index (χ3v) is 3.39. The molecule has 1 aromatic rings. The van der Waals surface area contributed by atoms with E-state index < -0.39 is 11.7 Å². The predicted molar refractivity (Wildman–Crippen MR) is 107 cm³/mol. The van der Waals surface area contributed by atoms with Crippen molar-refractivity contribution >= 4 is 35.0 Å². The van der Waals surface area contributed by atoms with Gasteiger partial charge < -0.3 is 10.1 Å². The van der Waals surface area contributed by atoms with Crippen molar-refractivity contribution in [2.75, 3.05) is 11.9 Å². The molecule has 26 heavy (non-hydrogen) atoms. The predicted octanol–water partition coefficient (Wildman–Crippen LogP) is 3.33. The molecule has 1 aromatic carbocycles. The zero-order valence-electron chi connectivity index (χ0n) is 15.8. The summed E-state index contributed by atoms with van der Waals surface area (Å²) in [7, 11) is 0. The van der Waals surface area contributed by atoms with Crippen molar-refractivity contribution in [3.05, 3.63) is 29.8 Å². The molecule has 0 aliphatic carbocycles. The van der Waals surface area contributed by atoms with Gasteiger partial charge in [0, 0.05) is 17.8 Å². The number of unbranched alkanes of at least 4 members (excludes halogenated alkanes) is 2. The van der Waals surface area contributed by atoms with E-state index in [4.69, 9.17) is 17.0 Å². The first kappa shape index (κ1) is 21.7. The second-order valence-electron chi connectivity index (χ2n) is 6.75. The van der Waals surface area contributed by atoms with Gasteiger partial charge in [-0.15, -0.1) is 0 Å². The summed E-state index contributed by atoms with van der Waals surface area (Å²) in [5.74, 6) is -0.327. The maximum absolute atomic E-state index is 12.1. The summed E-state index contributed by atoms with van der Waals surface area (Å²) in [6.45, 7) is 8.26. The number of ether oxygens (including phenoxy) is 1. The largest absolute Gasteiger partial charge is 0.444 e. The summed E-state index contributed by atoms with van der Waals surface area (Å²) in [4.78, 5) is 23.8. The smallest absolute Gasteiger partial charge is 0.412 e. The minimum atomic E-state index is -0.571. The summed E-state index contributed by atoms with van der Waals surface area (Å²) >= 11 is 5.09. The number of hydrogen-bond acceptors (Lipinski definition) is 4. The summed E-state index contributed by atoms with van der Waals surface area (Å²) in [5.41, 5.74) is 5.59. The average molecular weight is 381 g/mol. The van der Waals surface area contributed by atoms with Crippen LogP contribution in [0.3, 0.4) is 0 Å². The molecule has 0 atom stereocenters. The molecule has 0 fully saturated rings. The number of amides is 2. The van der Waals surface area contributed by atoms with Crippen LogP contribution >= 0.6 is 12.2 Å². The highest BCUT2D eigenvalue weighted by Gasteiger charge is 2.16. The van der Waals surface area contributed by atoms with E-state index in [-0.39, 0.29) is 5.91 Å². The molecule has 0 radical (unpaired) electrons. The Morgan fingerprint density at radius 3 is 2.31 bits per heavy atom. The molecule has 0 saturated heterocycles. The summed E-state index contributed by atoms with van der Waals surface area (Å²) in [5, 5.41) is 6.00. The lowest BCUT2D eigenvalue weighted by atomic mass is 10.2. The van der Waals surface area contributed by atoms with Crippen LogP contribution < -0.4 is 21.5 Å². The van der Waals surface area contributed by atoms with Crippen molar-refractivity contribution in [3.63, 3.8) is 0 Å². The van der Waals surface area contributed by atoms with Crippen LogP contribution in [0.2, 0.25) is 0 Å². The molecular weight excluding hydrogens is 352 g/mol. The van der Waals surface area contributed by atoms with E-state index in [9.17, 15) is 9.59 Å². The molecule has 0 spiro atoms. The van der Waals surface area contributed by atoms with Gasteiger partial charge in [0.25, 0.3) is 5.91 Å². The quantitative estimate of drug-likeness (QED) is 0.344. The van der Waals surface area contributed by atoms with E-state index in [1.165, 1.54) is 0 Å². The summed E-state index contributed by atoms with van der Waals surface area (Å²) < 4.78 is 5.17. The molecule has 1 rings (SSSR count). The van der Waals surface area contributed by atoms with Gasteiger partial charge in [0.05, 0.1) is 0 Å². The third-order valence-electron chi connectivity index (χ3n) is 3.15. The molecule has 0 aliphatic rings. The Morgan fingerprint density at radius 2 is 1.73 bits per heavy atom. The van der Waals surface area contributed by atoms with Gasteiger partial charge in [-0.25, -0.2) is 4.79 Å². The maximum Gasteiger partial charge on any atom is 0.412 e. The highest BCUT2D eigenvalue weighted by atomic mass is 32.1. The molecule has 4 N–H and O–H groups in total. The van der Waals surface area contributed by atoms with Crippen molar-refractivity contribution in [1.82, 2.24) is 16.2 Å². The number of rotatable bonds is 6. The highest BCUT2D eigenvalue weighted by molar-refractivity contribution is 7.80. The molecule has 0 unspecified atom stereocenters. The van der Waals surface area contributed by atoms with Crippen LogP contribution in [0.5, 0.6) is 0 Å². The standard InChI is InChI=1S/C18H28N4O3S/c1-5-6-7-12-19-16(26)22-21-15(23)13-8-10-14(11-9-13)20-17(24)25-18(2,3)4/h8-11H,5-7,12H2,1-4H3,(H,20,24)(H,21,23)(H2,19,22,26). The van der Waals surface area contributed by atoms with Crippen molar-refractivity contribution in [2.24, 2.45) is 0 Å². The Bertz CT molecular complexity index is 612. The minimum absolute atomic E-state index is 0.327. The molecular formula is C18H28N4O3S. The molecule has 2 amide bonds. The monoisotopic (exact) mass is 380 g/mol. The molecule has 7 nitrogen and oxygen atoms in total.